The standard InChI is InChI=1S/C14H22N2O/c1-17-13-4-2-12(3-5-13)14(15)10-11-6-8-16-9-7-11/h2-5,11,14,16H,6-10,15H2,1H3. The average molecular weight is 234 g/mol. The Morgan fingerprint density at radius 1 is 1.29 bits per heavy atom. The monoisotopic (exact) mass is 234 g/mol. The second-order valence-electron chi connectivity index (χ2n) is 4.81. The zero-order valence-corrected chi connectivity index (χ0v) is 10.5. The van der Waals surface area contributed by atoms with Crippen molar-refractivity contribution in [2.24, 2.45) is 11.7 Å². The van der Waals surface area contributed by atoms with E-state index in [4.69, 9.17) is 10.5 Å². The van der Waals surface area contributed by atoms with Crippen LogP contribution >= 0.6 is 0 Å². The molecule has 94 valence electrons. The smallest absolute Gasteiger partial charge is 0.118 e. The van der Waals surface area contributed by atoms with Gasteiger partial charge in [0.2, 0.25) is 0 Å². The van der Waals surface area contributed by atoms with Gasteiger partial charge in [-0.25, -0.2) is 0 Å². The molecule has 3 N–H and O–H groups in total. The first-order valence-electron chi connectivity index (χ1n) is 6.40. The van der Waals surface area contributed by atoms with Crippen molar-refractivity contribution >= 4 is 0 Å². The van der Waals surface area contributed by atoms with E-state index in [-0.39, 0.29) is 6.04 Å². The molecule has 17 heavy (non-hydrogen) atoms. The third-order valence-corrected chi connectivity index (χ3v) is 3.59. The predicted octanol–water partition coefficient (Wildman–Crippen LogP) is 2.08. The number of nitrogens with two attached hydrogens (primary N) is 1. The van der Waals surface area contributed by atoms with Crippen LogP contribution < -0.4 is 15.8 Å². The minimum atomic E-state index is 0.156. The summed E-state index contributed by atoms with van der Waals surface area (Å²) in [6.07, 6.45) is 3.60. The van der Waals surface area contributed by atoms with Gasteiger partial charge in [0.1, 0.15) is 5.75 Å². The molecule has 0 aliphatic carbocycles. The van der Waals surface area contributed by atoms with Gasteiger partial charge >= 0.3 is 0 Å². The Morgan fingerprint density at radius 3 is 2.53 bits per heavy atom. The number of nitrogens with one attached hydrogen (secondary N) is 1. The SMILES string of the molecule is COc1ccc(C(N)CC2CCNCC2)cc1. The molecule has 1 aromatic carbocycles. The summed E-state index contributed by atoms with van der Waals surface area (Å²) in [6.45, 7) is 2.28. The zero-order valence-electron chi connectivity index (χ0n) is 10.5. The quantitative estimate of drug-likeness (QED) is 0.838. The molecule has 1 atom stereocenters. The van der Waals surface area contributed by atoms with Gasteiger partial charge in [-0.3, -0.25) is 0 Å². The lowest BCUT2D eigenvalue weighted by molar-refractivity contribution is 0.333. The normalized spacial score (nSPS) is 18.9. The maximum atomic E-state index is 6.26. The Balaban J connectivity index is 1.91. The van der Waals surface area contributed by atoms with E-state index in [0.717, 1.165) is 31.2 Å². The molecular formula is C14H22N2O. The summed E-state index contributed by atoms with van der Waals surface area (Å²) in [5.41, 5.74) is 7.47. The van der Waals surface area contributed by atoms with Crippen LogP contribution in [0.3, 0.4) is 0 Å². The third-order valence-electron chi connectivity index (χ3n) is 3.59. The Labute approximate surface area is 103 Å². The van der Waals surface area contributed by atoms with Gasteiger partial charge in [0.15, 0.2) is 0 Å². The molecule has 3 heteroatoms. The van der Waals surface area contributed by atoms with E-state index < -0.39 is 0 Å². The van der Waals surface area contributed by atoms with Crippen LogP contribution in [0.1, 0.15) is 30.9 Å². The Hall–Kier alpha value is -1.06. The van der Waals surface area contributed by atoms with E-state index in [9.17, 15) is 0 Å². The number of methoxy groups -OCH3 is 1. The molecule has 1 fully saturated rings. The Morgan fingerprint density at radius 2 is 1.94 bits per heavy atom. The van der Waals surface area contributed by atoms with Gasteiger partial charge in [0, 0.05) is 6.04 Å². The number of ether oxygens (including phenoxy) is 1. The number of piperidine rings is 1. The van der Waals surface area contributed by atoms with E-state index in [2.05, 4.69) is 17.4 Å². The fourth-order valence-corrected chi connectivity index (χ4v) is 2.46. The molecule has 0 amide bonds. The molecular weight excluding hydrogens is 212 g/mol. The van der Waals surface area contributed by atoms with Gasteiger partial charge in [0.05, 0.1) is 7.11 Å². The first-order chi connectivity index (χ1) is 8.29. The van der Waals surface area contributed by atoms with Crippen molar-refractivity contribution in [3.8, 4) is 5.75 Å². The van der Waals surface area contributed by atoms with E-state index in [0.29, 0.717) is 0 Å². The van der Waals surface area contributed by atoms with E-state index in [1.54, 1.807) is 7.11 Å². The zero-order chi connectivity index (χ0) is 12.1. The van der Waals surface area contributed by atoms with E-state index >= 15 is 0 Å². The largest absolute Gasteiger partial charge is 0.497 e. The molecule has 1 unspecified atom stereocenters. The molecule has 1 aromatic rings. The highest BCUT2D eigenvalue weighted by atomic mass is 16.5. The maximum Gasteiger partial charge on any atom is 0.118 e. The van der Waals surface area contributed by atoms with Crippen molar-refractivity contribution in [2.45, 2.75) is 25.3 Å². The highest BCUT2D eigenvalue weighted by Gasteiger charge is 2.17. The van der Waals surface area contributed by atoms with Gasteiger partial charge in [0.25, 0.3) is 0 Å². The molecule has 0 radical (unpaired) electrons. The summed E-state index contributed by atoms with van der Waals surface area (Å²) < 4.78 is 5.15. The fraction of sp³-hybridized carbons (Fsp3) is 0.571. The molecule has 2 rings (SSSR count). The predicted molar refractivity (Wildman–Crippen MR) is 70.1 cm³/mol. The van der Waals surface area contributed by atoms with Crippen molar-refractivity contribution in [3.05, 3.63) is 29.8 Å². The molecule has 1 saturated heterocycles. The van der Waals surface area contributed by atoms with Crippen molar-refractivity contribution in [1.82, 2.24) is 5.32 Å². The second-order valence-corrected chi connectivity index (χ2v) is 4.81. The summed E-state index contributed by atoms with van der Waals surface area (Å²) in [6, 6.07) is 8.27. The second kappa shape index (κ2) is 6.03. The van der Waals surface area contributed by atoms with Gasteiger partial charge in [-0.05, 0) is 56.0 Å². The van der Waals surface area contributed by atoms with Crippen LogP contribution in [-0.2, 0) is 0 Å². The molecule has 0 aromatic heterocycles. The van der Waals surface area contributed by atoms with Crippen LogP contribution in [0, 0.1) is 5.92 Å². The molecule has 1 aliphatic heterocycles. The van der Waals surface area contributed by atoms with Crippen molar-refractivity contribution in [1.29, 1.82) is 0 Å². The van der Waals surface area contributed by atoms with E-state index in [1.165, 1.54) is 18.4 Å². The summed E-state index contributed by atoms with van der Waals surface area (Å²) >= 11 is 0. The summed E-state index contributed by atoms with van der Waals surface area (Å²) in [4.78, 5) is 0. The highest BCUT2D eigenvalue weighted by molar-refractivity contribution is 5.28. The van der Waals surface area contributed by atoms with Crippen molar-refractivity contribution in [2.75, 3.05) is 20.2 Å². The fourth-order valence-electron chi connectivity index (χ4n) is 2.46. The number of hydrogen-bond donors (Lipinski definition) is 2. The Kier molecular flexibility index (Phi) is 4.40. The molecule has 1 aliphatic rings. The molecule has 0 bridgehead atoms. The van der Waals surface area contributed by atoms with Gasteiger partial charge in [-0.2, -0.15) is 0 Å². The molecule has 0 saturated carbocycles. The summed E-state index contributed by atoms with van der Waals surface area (Å²) in [5, 5.41) is 3.39. The van der Waals surface area contributed by atoms with Gasteiger partial charge in [-0.15, -0.1) is 0 Å². The average Bonchev–Trinajstić information content (AvgIpc) is 2.40. The maximum absolute atomic E-state index is 6.26. The van der Waals surface area contributed by atoms with E-state index in [1.807, 2.05) is 12.1 Å². The van der Waals surface area contributed by atoms with Crippen molar-refractivity contribution in [3.63, 3.8) is 0 Å². The summed E-state index contributed by atoms with van der Waals surface area (Å²) in [5.74, 6) is 1.66. The molecule has 3 nitrogen and oxygen atoms in total. The highest BCUT2D eigenvalue weighted by Crippen LogP contribution is 2.25. The summed E-state index contributed by atoms with van der Waals surface area (Å²) in [7, 11) is 1.68. The number of hydrogen-bond acceptors (Lipinski definition) is 3. The first kappa shape index (κ1) is 12.4. The van der Waals surface area contributed by atoms with Gasteiger partial charge < -0.3 is 15.8 Å². The first-order valence-corrected chi connectivity index (χ1v) is 6.40. The minimum absolute atomic E-state index is 0.156. The lowest BCUT2D eigenvalue weighted by Gasteiger charge is -2.25. The van der Waals surface area contributed by atoms with Crippen LogP contribution in [0.15, 0.2) is 24.3 Å². The van der Waals surface area contributed by atoms with Crippen LogP contribution in [0.4, 0.5) is 0 Å². The minimum Gasteiger partial charge on any atom is -0.497 e. The lowest BCUT2D eigenvalue weighted by Crippen LogP contribution is -2.29. The topological polar surface area (TPSA) is 47.3 Å². The lowest BCUT2D eigenvalue weighted by atomic mass is 9.89. The number of rotatable bonds is 4. The van der Waals surface area contributed by atoms with Gasteiger partial charge in [-0.1, -0.05) is 12.1 Å². The van der Waals surface area contributed by atoms with Crippen LogP contribution in [0.2, 0.25) is 0 Å². The third kappa shape index (κ3) is 3.45. The number of benzene rings is 1. The molecule has 1 heterocycles. The Bertz CT molecular complexity index is 331. The van der Waals surface area contributed by atoms with Crippen LogP contribution in [0.5, 0.6) is 5.75 Å². The van der Waals surface area contributed by atoms with Crippen LogP contribution in [-0.4, -0.2) is 20.2 Å². The molecule has 0 spiro atoms. The van der Waals surface area contributed by atoms with Crippen LogP contribution in [0.25, 0.3) is 0 Å². The van der Waals surface area contributed by atoms with Crippen molar-refractivity contribution < 1.29 is 4.74 Å².